The highest BCUT2D eigenvalue weighted by Gasteiger charge is 2.18. The quantitative estimate of drug-likeness (QED) is 0.0284. The summed E-state index contributed by atoms with van der Waals surface area (Å²) in [6.45, 7) is 3.30. The summed E-state index contributed by atoms with van der Waals surface area (Å²) in [5.74, 6) is -2.44. The molecule has 0 fully saturated rings. The summed E-state index contributed by atoms with van der Waals surface area (Å²) in [7, 11) is 0. The molecule has 0 aromatic heterocycles. The Bertz CT molecular complexity index is 1080. The molecule has 0 rings (SSSR count). The number of aliphatic hydroxyl groups is 1. The molecule has 53 heavy (non-hydrogen) atoms. The smallest absolute Gasteiger partial charge is 0.328 e. The van der Waals surface area contributed by atoms with Crippen molar-refractivity contribution in [3.63, 3.8) is 0 Å². The molecule has 0 heterocycles. The van der Waals surface area contributed by atoms with E-state index in [-0.39, 0.29) is 30.9 Å². The van der Waals surface area contributed by atoms with Crippen LogP contribution in [-0.4, -0.2) is 59.3 Å². The van der Waals surface area contributed by atoms with Crippen LogP contribution in [0, 0.1) is 0 Å². The van der Waals surface area contributed by atoms with Gasteiger partial charge in [0.25, 0.3) is 0 Å². The summed E-state index contributed by atoms with van der Waals surface area (Å²) >= 11 is 0. The lowest BCUT2D eigenvalue weighted by molar-refractivity contribution is -0.147. The second-order valence-corrected chi connectivity index (χ2v) is 13.7. The number of aliphatic carboxylic acids is 1. The van der Waals surface area contributed by atoms with Gasteiger partial charge in [-0.15, -0.1) is 0 Å². The van der Waals surface area contributed by atoms with Crippen molar-refractivity contribution in [3.8, 4) is 0 Å². The Morgan fingerprint density at radius 3 is 1.74 bits per heavy atom. The van der Waals surface area contributed by atoms with E-state index < -0.39 is 24.5 Å². The van der Waals surface area contributed by atoms with Gasteiger partial charge in [-0.3, -0.25) is 14.4 Å². The fourth-order valence-electron chi connectivity index (χ4n) is 5.56. The van der Waals surface area contributed by atoms with Crippen molar-refractivity contribution in [2.24, 2.45) is 0 Å². The number of amides is 2. The number of rotatable bonds is 36. The standard InChI is InChI=1S/C44H74N2O7/c1-3-5-7-9-11-13-14-15-16-17-18-19-20-22-24-26-32-36-43(50)53-39(33-29-25-23-21-12-10-8-6-4-2)34-30-27-28-31-35-41(48)45-37-42(49)46-40(38-47)44(51)52/h5,7,11,13,15-16,21,23,29,33,39-40,47H,3-4,6,8-10,12,14,17-20,22,24-28,30-32,34-38H2,1-2H3,(H,45,48)(H,46,49)(H,51,52)/b7-5-,13-11-,16-15-,23-21-,33-29-. The molecule has 0 saturated heterocycles. The van der Waals surface area contributed by atoms with Gasteiger partial charge in [-0.2, -0.15) is 0 Å². The van der Waals surface area contributed by atoms with Crippen molar-refractivity contribution in [3.05, 3.63) is 60.8 Å². The van der Waals surface area contributed by atoms with Gasteiger partial charge < -0.3 is 25.6 Å². The average Bonchev–Trinajstić information content (AvgIpc) is 3.14. The molecule has 0 spiro atoms. The summed E-state index contributed by atoms with van der Waals surface area (Å²) in [6, 6.07) is -1.39. The van der Waals surface area contributed by atoms with Crippen LogP contribution in [0.2, 0.25) is 0 Å². The van der Waals surface area contributed by atoms with Crippen LogP contribution in [0.4, 0.5) is 0 Å². The molecule has 9 nitrogen and oxygen atoms in total. The Kier molecular flexibility index (Phi) is 35.8. The molecule has 0 aliphatic heterocycles. The highest BCUT2D eigenvalue weighted by molar-refractivity contribution is 5.87. The maximum Gasteiger partial charge on any atom is 0.328 e. The number of carboxylic acid groups (broad SMARTS) is 1. The number of esters is 1. The van der Waals surface area contributed by atoms with E-state index >= 15 is 0 Å². The minimum Gasteiger partial charge on any atom is -0.480 e. The number of nitrogens with one attached hydrogen (secondary N) is 2. The van der Waals surface area contributed by atoms with Crippen LogP contribution >= 0.6 is 0 Å². The number of hydrogen-bond donors (Lipinski definition) is 4. The molecule has 2 unspecified atom stereocenters. The van der Waals surface area contributed by atoms with Crippen molar-refractivity contribution in [1.82, 2.24) is 10.6 Å². The van der Waals surface area contributed by atoms with Gasteiger partial charge in [-0.1, -0.05) is 133 Å². The summed E-state index contributed by atoms with van der Waals surface area (Å²) < 4.78 is 5.88. The van der Waals surface area contributed by atoms with Gasteiger partial charge in [0.05, 0.1) is 13.2 Å². The van der Waals surface area contributed by atoms with Crippen LogP contribution in [0.1, 0.15) is 168 Å². The topological polar surface area (TPSA) is 142 Å². The van der Waals surface area contributed by atoms with Gasteiger partial charge in [0.15, 0.2) is 0 Å². The third kappa shape index (κ3) is 35.3. The molecule has 0 saturated carbocycles. The van der Waals surface area contributed by atoms with Crippen LogP contribution < -0.4 is 10.6 Å². The zero-order valence-corrected chi connectivity index (χ0v) is 33.2. The molecule has 2 atom stereocenters. The number of allylic oxidation sites excluding steroid dienone is 9. The number of carboxylic acids is 1. The van der Waals surface area contributed by atoms with E-state index in [2.05, 4.69) is 79.2 Å². The monoisotopic (exact) mass is 743 g/mol. The van der Waals surface area contributed by atoms with Crippen LogP contribution in [0.3, 0.4) is 0 Å². The second kappa shape index (κ2) is 38.3. The third-order valence-electron chi connectivity index (χ3n) is 8.73. The van der Waals surface area contributed by atoms with E-state index in [1.165, 1.54) is 51.4 Å². The number of ether oxygens (including phenoxy) is 1. The van der Waals surface area contributed by atoms with Gasteiger partial charge in [-0.05, 0) is 83.1 Å². The molecule has 0 aliphatic carbocycles. The SMILES string of the molecule is CC/C=C\C/C=C\C/C=C\CCCCCCCCCC(=O)OC(/C=C\C/C=C\CCCCCC)CCCCCCC(=O)NCC(=O)NC(CO)C(=O)O. The van der Waals surface area contributed by atoms with E-state index in [1.807, 2.05) is 6.08 Å². The van der Waals surface area contributed by atoms with Gasteiger partial charge in [0.2, 0.25) is 11.8 Å². The van der Waals surface area contributed by atoms with Crippen molar-refractivity contribution in [2.45, 2.75) is 180 Å². The highest BCUT2D eigenvalue weighted by atomic mass is 16.5. The molecule has 9 heteroatoms. The van der Waals surface area contributed by atoms with Crippen LogP contribution in [0.15, 0.2) is 60.8 Å². The Labute approximate surface area is 321 Å². The van der Waals surface area contributed by atoms with E-state index in [0.717, 1.165) is 83.5 Å². The molecule has 4 N–H and O–H groups in total. The van der Waals surface area contributed by atoms with E-state index in [4.69, 9.17) is 14.9 Å². The maximum absolute atomic E-state index is 12.7. The van der Waals surface area contributed by atoms with Gasteiger partial charge >= 0.3 is 11.9 Å². The molecule has 0 bridgehead atoms. The molecule has 0 aromatic carbocycles. The van der Waals surface area contributed by atoms with Crippen molar-refractivity contribution >= 4 is 23.8 Å². The first-order chi connectivity index (χ1) is 25.8. The number of unbranched alkanes of at least 4 members (excludes halogenated alkanes) is 14. The fourth-order valence-corrected chi connectivity index (χ4v) is 5.56. The van der Waals surface area contributed by atoms with Crippen molar-refractivity contribution in [1.29, 1.82) is 0 Å². The molecular weight excluding hydrogens is 668 g/mol. The summed E-state index contributed by atoms with van der Waals surface area (Å²) in [5, 5.41) is 22.5. The first-order valence-corrected chi connectivity index (χ1v) is 20.7. The largest absolute Gasteiger partial charge is 0.480 e. The summed E-state index contributed by atoms with van der Waals surface area (Å²) in [4.78, 5) is 47.5. The predicted octanol–water partition coefficient (Wildman–Crippen LogP) is 9.76. The average molecular weight is 743 g/mol. The van der Waals surface area contributed by atoms with Gasteiger partial charge in [0, 0.05) is 12.8 Å². The number of carbonyl (C=O) groups excluding carboxylic acids is 3. The highest BCUT2D eigenvalue weighted by Crippen LogP contribution is 2.15. The molecular formula is C44H74N2O7. The van der Waals surface area contributed by atoms with Crippen molar-refractivity contribution < 1.29 is 34.1 Å². The number of aliphatic hydroxyl groups excluding tert-OH is 1. The molecule has 0 radical (unpaired) electrons. The Hall–Kier alpha value is -3.46. The summed E-state index contributed by atoms with van der Waals surface area (Å²) in [6.07, 6.45) is 45.5. The Morgan fingerprint density at radius 2 is 1.13 bits per heavy atom. The fraction of sp³-hybridized carbons (Fsp3) is 0.682. The number of hydrogen-bond acceptors (Lipinski definition) is 6. The van der Waals surface area contributed by atoms with Gasteiger partial charge in [-0.25, -0.2) is 4.79 Å². The van der Waals surface area contributed by atoms with E-state index in [9.17, 15) is 19.2 Å². The van der Waals surface area contributed by atoms with Crippen LogP contribution in [-0.2, 0) is 23.9 Å². The zero-order valence-electron chi connectivity index (χ0n) is 33.2. The van der Waals surface area contributed by atoms with Crippen LogP contribution in [0.25, 0.3) is 0 Å². The van der Waals surface area contributed by atoms with Crippen molar-refractivity contribution in [2.75, 3.05) is 13.2 Å². The predicted molar refractivity (Wildman–Crippen MR) is 217 cm³/mol. The Balaban J connectivity index is 4.35. The van der Waals surface area contributed by atoms with E-state index in [0.29, 0.717) is 12.8 Å². The summed E-state index contributed by atoms with van der Waals surface area (Å²) in [5.41, 5.74) is 0. The minimum absolute atomic E-state index is 0.139. The van der Waals surface area contributed by atoms with Gasteiger partial charge in [0.1, 0.15) is 12.1 Å². The Morgan fingerprint density at radius 1 is 0.604 bits per heavy atom. The maximum atomic E-state index is 12.7. The normalized spacial score (nSPS) is 13.1. The molecule has 302 valence electrons. The number of carbonyl (C=O) groups is 4. The lowest BCUT2D eigenvalue weighted by atomic mass is 10.1. The first-order valence-electron chi connectivity index (χ1n) is 20.7. The third-order valence-corrected chi connectivity index (χ3v) is 8.73. The first kappa shape index (κ1) is 49.5. The van der Waals surface area contributed by atoms with E-state index in [1.54, 1.807) is 0 Å². The second-order valence-electron chi connectivity index (χ2n) is 13.7. The molecule has 2 amide bonds. The minimum atomic E-state index is -1.39. The lowest BCUT2D eigenvalue weighted by Gasteiger charge is -2.15. The lowest BCUT2D eigenvalue weighted by Crippen LogP contribution is -2.47. The molecule has 0 aromatic rings. The zero-order chi connectivity index (χ0) is 39.0. The molecule has 0 aliphatic rings. The van der Waals surface area contributed by atoms with Crippen LogP contribution in [0.5, 0.6) is 0 Å².